The number of aromatic amines is 1. The molecule has 0 fully saturated rings. The highest BCUT2D eigenvalue weighted by atomic mass is 16.5. The number of rotatable bonds is 6. The Labute approximate surface area is 152 Å². The fraction of sp³-hybridized carbons (Fsp3) is 0.238. The SMILES string of the molecule is CC(C)N(Cc1ccccc1)C(=O)COC(=O)c1cc2ccccc2[nH]1. The van der Waals surface area contributed by atoms with E-state index >= 15 is 0 Å². The van der Waals surface area contributed by atoms with Crippen LogP contribution in [0.3, 0.4) is 0 Å². The van der Waals surface area contributed by atoms with Gasteiger partial charge >= 0.3 is 5.97 Å². The number of benzene rings is 2. The number of hydrogen-bond donors (Lipinski definition) is 1. The van der Waals surface area contributed by atoms with Crippen LogP contribution in [0.4, 0.5) is 0 Å². The number of nitrogens with zero attached hydrogens (tertiary/aromatic N) is 1. The van der Waals surface area contributed by atoms with Gasteiger partial charge < -0.3 is 14.6 Å². The molecule has 0 saturated carbocycles. The Morgan fingerprint density at radius 3 is 2.42 bits per heavy atom. The largest absolute Gasteiger partial charge is 0.451 e. The van der Waals surface area contributed by atoms with Crippen LogP contribution < -0.4 is 0 Å². The summed E-state index contributed by atoms with van der Waals surface area (Å²) in [5.74, 6) is -0.744. The summed E-state index contributed by atoms with van der Waals surface area (Å²) in [6.45, 7) is 4.10. The summed E-state index contributed by atoms with van der Waals surface area (Å²) in [5.41, 5.74) is 2.24. The van der Waals surface area contributed by atoms with Crippen molar-refractivity contribution < 1.29 is 14.3 Å². The smallest absolute Gasteiger partial charge is 0.355 e. The molecule has 0 bridgehead atoms. The van der Waals surface area contributed by atoms with E-state index in [1.54, 1.807) is 11.0 Å². The average molecular weight is 350 g/mol. The van der Waals surface area contributed by atoms with E-state index in [0.717, 1.165) is 16.5 Å². The molecule has 0 atom stereocenters. The first-order valence-corrected chi connectivity index (χ1v) is 8.63. The number of hydrogen-bond acceptors (Lipinski definition) is 3. The Morgan fingerprint density at radius 1 is 1.04 bits per heavy atom. The third kappa shape index (κ3) is 4.11. The van der Waals surface area contributed by atoms with Crippen molar-refractivity contribution in [2.75, 3.05) is 6.61 Å². The molecule has 2 aromatic carbocycles. The summed E-state index contributed by atoms with van der Waals surface area (Å²) in [5, 5.41) is 0.929. The number of aromatic nitrogens is 1. The number of nitrogens with one attached hydrogen (secondary N) is 1. The maximum Gasteiger partial charge on any atom is 0.355 e. The van der Waals surface area contributed by atoms with E-state index in [0.29, 0.717) is 12.2 Å². The van der Waals surface area contributed by atoms with Crippen molar-refractivity contribution in [2.45, 2.75) is 26.4 Å². The molecule has 1 amide bonds. The lowest BCUT2D eigenvalue weighted by molar-refractivity contribution is -0.136. The third-order valence-corrected chi connectivity index (χ3v) is 4.22. The summed E-state index contributed by atoms with van der Waals surface area (Å²) < 4.78 is 5.23. The van der Waals surface area contributed by atoms with E-state index in [2.05, 4.69) is 4.98 Å². The molecule has 0 radical (unpaired) electrons. The summed E-state index contributed by atoms with van der Waals surface area (Å²) in [7, 11) is 0. The first-order chi connectivity index (χ1) is 12.5. The Morgan fingerprint density at radius 2 is 1.73 bits per heavy atom. The van der Waals surface area contributed by atoms with Gasteiger partial charge in [0.15, 0.2) is 6.61 Å². The highest BCUT2D eigenvalue weighted by molar-refractivity contribution is 5.95. The van der Waals surface area contributed by atoms with Crippen molar-refractivity contribution >= 4 is 22.8 Å². The molecule has 134 valence electrons. The fourth-order valence-electron chi connectivity index (χ4n) is 2.81. The summed E-state index contributed by atoms with van der Waals surface area (Å²) in [6, 6.07) is 19.1. The zero-order chi connectivity index (χ0) is 18.5. The first-order valence-electron chi connectivity index (χ1n) is 8.63. The van der Waals surface area contributed by atoms with E-state index in [9.17, 15) is 9.59 Å². The minimum absolute atomic E-state index is 0.00878. The molecule has 1 N–H and O–H groups in total. The maximum absolute atomic E-state index is 12.5. The molecule has 0 aliphatic heterocycles. The Bertz CT molecular complexity index is 867. The number of H-pyrrole nitrogens is 1. The lowest BCUT2D eigenvalue weighted by atomic mass is 10.2. The van der Waals surface area contributed by atoms with Crippen LogP contribution in [0, 0.1) is 0 Å². The molecule has 1 heterocycles. The second kappa shape index (κ2) is 7.87. The quantitative estimate of drug-likeness (QED) is 0.689. The predicted molar refractivity (Wildman–Crippen MR) is 101 cm³/mol. The Kier molecular flexibility index (Phi) is 5.37. The number of fused-ring (bicyclic) bond motifs is 1. The van der Waals surface area contributed by atoms with E-state index in [1.165, 1.54) is 0 Å². The molecule has 0 unspecified atom stereocenters. The van der Waals surface area contributed by atoms with E-state index in [1.807, 2.05) is 68.4 Å². The van der Waals surface area contributed by atoms with Crippen LogP contribution >= 0.6 is 0 Å². The normalized spacial score (nSPS) is 10.9. The lowest BCUT2D eigenvalue weighted by Gasteiger charge is -2.26. The molecule has 5 heteroatoms. The highest BCUT2D eigenvalue weighted by Gasteiger charge is 2.20. The third-order valence-electron chi connectivity index (χ3n) is 4.22. The second-order valence-electron chi connectivity index (χ2n) is 6.45. The zero-order valence-corrected chi connectivity index (χ0v) is 14.9. The van der Waals surface area contributed by atoms with Crippen LogP contribution in [0.5, 0.6) is 0 Å². The molecule has 3 rings (SSSR count). The molecule has 5 nitrogen and oxygen atoms in total. The zero-order valence-electron chi connectivity index (χ0n) is 14.9. The van der Waals surface area contributed by atoms with E-state index in [4.69, 9.17) is 4.74 Å². The van der Waals surface area contributed by atoms with Gasteiger partial charge in [-0.1, -0.05) is 48.5 Å². The summed E-state index contributed by atoms with van der Waals surface area (Å²) in [4.78, 5) is 29.5. The molecule has 0 saturated heterocycles. The van der Waals surface area contributed by atoms with E-state index in [-0.39, 0.29) is 18.6 Å². The maximum atomic E-state index is 12.5. The Hall–Kier alpha value is -3.08. The van der Waals surface area contributed by atoms with Crippen molar-refractivity contribution in [2.24, 2.45) is 0 Å². The number of carbonyl (C=O) groups is 2. The molecule has 0 aliphatic carbocycles. The minimum Gasteiger partial charge on any atom is -0.451 e. The fourth-order valence-corrected chi connectivity index (χ4v) is 2.81. The average Bonchev–Trinajstić information content (AvgIpc) is 3.09. The molecular weight excluding hydrogens is 328 g/mol. The molecule has 0 spiro atoms. The van der Waals surface area contributed by atoms with Gasteiger partial charge in [0.1, 0.15) is 5.69 Å². The highest BCUT2D eigenvalue weighted by Crippen LogP contribution is 2.15. The van der Waals surface area contributed by atoms with Crippen molar-refractivity contribution in [3.63, 3.8) is 0 Å². The van der Waals surface area contributed by atoms with Gasteiger partial charge in [-0.2, -0.15) is 0 Å². The molecule has 1 aromatic heterocycles. The number of amides is 1. The molecule has 3 aromatic rings. The first kappa shape index (κ1) is 17.7. The van der Waals surface area contributed by atoms with Crippen LogP contribution in [0.2, 0.25) is 0 Å². The van der Waals surface area contributed by atoms with Crippen LogP contribution in [-0.2, 0) is 16.1 Å². The van der Waals surface area contributed by atoms with Gasteiger partial charge in [-0.3, -0.25) is 4.79 Å². The van der Waals surface area contributed by atoms with Crippen LogP contribution in [0.1, 0.15) is 29.9 Å². The van der Waals surface area contributed by atoms with Crippen LogP contribution in [0.25, 0.3) is 10.9 Å². The lowest BCUT2D eigenvalue weighted by Crippen LogP contribution is -2.39. The number of carbonyl (C=O) groups excluding carboxylic acids is 2. The monoisotopic (exact) mass is 350 g/mol. The van der Waals surface area contributed by atoms with Gasteiger partial charge in [-0.15, -0.1) is 0 Å². The van der Waals surface area contributed by atoms with Crippen LogP contribution in [-0.4, -0.2) is 34.4 Å². The minimum atomic E-state index is -0.530. The van der Waals surface area contributed by atoms with Gasteiger partial charge in [0.25, 0.3) is 5.91 Å². The Balaban J connectivity index is 1.63. The van der Waals surface area contributed by atoms with Gasteiger partial charge in [0, 0.05) is 23.5 Å². The van der Waals surface area contributed by atoms with Gasteiger partial charge in [-0.05, 0) is 31.5 Å². The topological polar surface area (TPSA) is 62.4 Å². The van der Waals surface area contributed by atoms with Crippen LogP contribution in [0.15, 0.2) is 60.7 Å². The van der Waals surface area contributed by atoms with Crippen molar-refractivity contribution in [3.8, 4) is 0 Å². The molecule has 0 aliphatic rings. The number of esters is 1. The van der Waals surface area contributed by atoms with Gasteiger partial charge in [0.05, 0.1) is 0 Å². The number of para-hydroxylation sites is 1. The number of ether oxygens (including phenoxy) is 1. The molecular formula is C21H22N2O3. The van der Waals surface area contributed by atoms with Crippen molar-refractivity contribution in [3.05, 3.63) is 71.9 Å². The van der Waals surface area contributed by atoms with Gasteiger partial charge in [-0.25, -0.2) is 4.79 Å². The second-order valence-corrected chi connectivity index (χ2v) is 6.45. The predicted octanol–water partition coefficient (Wildman–Crippen LogP) is 3.76. The van der Waals surface area contributed by atoms with E-state index < -0.39 is 5.97 Å². The van der Waals surface area contributed by atoms with Gasteiger partial charge in [0.2, 0.25) is 0 Å². The van der Waals surface area contributed by atoms with Crippen molar-refractivity contribution in [1.82, 2.24) is 9.88 Å². The molecule has 26 heavy (non-hydrogen) atoms. The summed E-state index contributed by atoms with van der Waals surface area (Å²) >= 11 is 0. The summed E-state index contributed by atoms with van der Waals surface area (Å²) in [6.07, 6.45) is 0. The standard InChI is InChI=1S/C21H22N2O3/c1-15(2)23(13-16-8-4-3-5-9-16)20(24)14-26-21(25)19-12-17-10-6-7-11-18(17)22-19/h3-12,15,22H,13-14H2,1-2H3. The van der Waals surface area contributed by atoms with Crippen molar-refractivity contribution in [1.29, 1.82) is 0 Å².